The third kappa shape index (κ3) is 4.81. The number of carboxylic acid groups (broad SMARTS) is 1. The summed E-state index contributed by atoms with van der Waals surface area (Å²) in [6.07, 6.45) is 0.759. The predicted molar refractivity (Wildman–Crippen MR) is 69.3 cm³/mol. The lowest BCUT2D eigenvalue weighted by Crippen LogP contribution is -2.14. The summed E-state index contributed by atoms with van der Waals surface area (Å²) in [7, 11) is 1.50. The Morgan fingerprint density at radius 3 is 2.74 bits per heavy atom. The maximum absolute atomic E-state index is 11.4. The Labute approximate surface area is 110 Å². The van der Waals surface area contributed by atoms with Gasteiger partial charge in [0, 0.05) is 12.8 Å². The summed E-state index contributed by atoms with van der Waals surface area (Å²) in [6, 6.07) is 4.44. The molecule has 1 aromatic rings. The van der Waals surface area contributed by atoms with Crippen molar-refractivity contribution in [2.75, 3.05) is 19.0 Å². The fraction of sp³-hybridized carbons (Fsp3) is 0.231. The van der Waals surface area contributed by atoms with Gasteiger partial charge in [-0.25, -0.2) is 9.59 Å². The number of carboxylic acids is 1. The van der Waals surface area contributed by atoms with Crippen LogP contribution in [0.25, 0.3) is 0 Å². The van der Waals surface area contributed by atoms with Gasteiger partial charge in [0.1, 0.15) is 6.61 Å². The number of hydrogen-bond acceptors (Lipinski definition) is 4. The van der Waals surface area contributed by atoms with E-state index >= 15 is 0 Å². The fourth-order valence-electron chi connectivity index (χ4n) is 1.43. The highest BCUT2D eigenvalue weighted by Crippen LogP contribution is 2.16. The van der Waals surface area contributed by atoms with Crippen molar-refractivity contribution in [3.8, 4) is 0 Å². The van der Waals surface area contributed by atoms with Crippen LogP contribution in [0.1, 0.15) is 15.9 Å². The van der Waals surface area contributed by atoms with E-state index in [2.05, 4.69) is 11.9 Å². The van der Waals surface area contributed by atoms with Crippen molar-refractivity contribution in [1.29, 1.82) is 0 Å². The van der Waals surface area contributed by atoms with Gasteiger partial charge in [0.15, 0.2) is 0 Å². The van der Waals surface area contributed by atoms with Crippen molar-refractivity contribution in [3.05, 3.63) is 42.0 Å². The largest absolute Gasteiger partial charge is 0.478 e. The molecule has 1 amide bonds. The van der Waals surface area contributed by atoms with Gasteiger partial charge in [-0.05, 0) is 23.8 Å². The van der Waals surface area contributed by atoms with Crippen LogP contribution in [0.3, 0.4) is 0 Å². The van der Waals surface area contributed by atoms with Crippen LogP contribution in [-0.2, 0) is 16.1 Å². The minimum absolute atomic E-state index is 0.0635. The van der Waals surface area contributed by atoms with Crippen LogP contribution in [0.5, 0.6) is 0 Å². The van der Waals surface area contributed by atoms with Crippen LogP contribution < -0.4 is 5.32 Å². The number of carbonyl (C=O) groups excluding carboxylic acids is 1. The molecule has 102 valence electrons. The summed E-state index contributed by atoms with van der Waals surface area (Å²) in [5.74, 6) is -1.08. The third-order valence-corrected chi connectivity index (χ3v) is 2.13. The van der Waals surface area contributed by atoms with Crippen LogP contribution >= 0.6 is 0 Å². The number of aromatic carboxylic acids is 1. The highest BCUT2D eigenvalue weighted by atomic mass is 16.5. The Morgan fingerprint density at radius 1 is 1.42 bits per heavy atom. The lowest BCUT2D eigenvalue weighted by atomic mass is 10.1. The van der Waals surface area contributed by atoms with E-state index < -0.39 is 12.1 Å². The van der Waals surface area contributed by atoms with Crippen molar-refractivity contribution in [3.63, 3.8) is 0 Å². The molecule has 6 nitrogen and oxygen atoms in total. The number of ether oxygens (including phenoxy) is 2. The van der Waals surface area contributed by atoms with E-state index in [-0.39, 0.29) is 18.8 Å². The van der Waals surface area contributed by atoms with Gasteiger partial charge in [-0.1, -0.05) is 12.7 Å². The first-order valence-corrected chi connectivity index (χ1v) is 5.47. The van der Waals surface area contributed by atoms with E-state index in [1.165, 1.54) is 25.3 Å². The average Bonchev–Trinajstić information content (AvgIpc) is 2.36. The van der Waals surface area contributed by atoms with Crippen molar-refractivity contribution >= 4 is 17.7 Å². The summed E-state index contributed by atoms with van der Waals surface area (Å²) in [6.45, 7) is 3.74. The quantitative estimate of drug-likeness (QED) is 0.771. The number of carbonyl (C=O) groups is 2. The minimum Gasteiger partial charge on any atom is -0.478 e. The van der Waals surface area contributed by atoms with Crippen molar-refractivity contribution < 1.29 is 24.2 Å². The predicted octanol–water partition coefficient (Wildman–Crippen LogP) is 2.27. The molecule has 0 saturated carbocycles. The molecule has 0 radical (unpaired) electrons. The molecule has 0 aromatic heterocycles. The topological polar surface area (TPSA) is 84.9 Å². The Kier molecular flexibility index (Phi) is 5.56. The van der Waals surface area contributed by atoms with Crippen molar-refractivity contribution in [2.45, 2.75) is 6.61 Å². The fourth-order valence-corrected chi connectivity index (χ4v) is 1.43. The zero-order chi connectivity index (χ0) is 14.3. The van der Waals surface area contributed by atoms with Gasteiger partial charge < -0.3 is 14.6 Å². The minimum atomic E-state index is -1.08. The number of nitrogens with one attached hydrogen (secondary N) is 1. The molecule has 0 unspecified atom stereocenters. The molecule has 2 N–H and O–H groups in total. The smallest absolute Gasteiger partial charge is 0.411 e. The van der Waals surface area contributed by atoms with E-state index in [1.54, 1.807) is 6.07 Å². The molecular formula is C13H15NO5. The van der Waals surface area contributed by atoms with Gasteiger partial charge in [-0.3, -0.25) is 5.32 Å². The van der Waals surface area contributed by atoms with Gasteiger partial charge in [-0.2, -0.15) is 0 Å². The van der Waals surface area contributed by atoms with Crippen LogP contribution in [0.4, 0.5) is 10.5 Å². The van der Waals surface area contributed by atoms with Crippen molar-refractivity contribution in [1.82, 2.24) is 0 Å². The molecule has 0 atom stereocenters. The van der Waals surface area contributed by atoms with E-state index in [9.17, 15) is 9.59 Å². The summed E-state index contributed by atoms with van der Waals surface area (Å²) >= 11 is 0. The SMILES string of the molecule is C=CCOC(=O)Nc1cc(COC)cc(C(=O)O)c1. The standard InChI is InChI=1S/C13H15NO5/c1-3-4-19-13(17)14-11-6-9(8-18-2)5-10(7-11)12(15)16/h3,5-7H,1,4,8H2,2H3,(H,14,17)(H,15,16). The molecule has 1 aromatic carbocycles. The Balaban J connectivity index is 2.89. The van der Waals surface area contributed by atoms with Crippen LogP contribution in [-0.4, -0.2) is 30.9 Å². The van der Waals surface area contributed by atoms with Crippen LogP contribution in [0, 0.1) is 0 Å². The van der Waals surface area contributed by atoms with Gasteiger partial charge >= 0.3 is 12.1 Å². The molecule has 0 aliphatic carbocycles. The van der Waals surface area contributed by atoms with E-state index in [4.69, 9.17) is 14.6 Å². The molecule has 0 heterocycles. The lowest BCUT2D eigenvalue weighted by Gasteiger charge is -2.09. The number of benzene rings is 1. The van der Waals surface area contributed by atoms with E-state index in [0.717, 1.165) is 0 Å². The second-order valence-electron chi connectivity index (χ2n) is 3.67. The second kappa shape index (κ2) is 7.17. The second-order valence-corrected chi connectivity index (χ2v) is 3.67. The van der Waals surface area contributed by atoms with E-state index in [1.807, 2.05) is 0 Å². The van der Waals surface area contributed by atoms with Gasteiger partial charge in [-0.15, -0.1) is 0 Å². The number of rotatable bonds is 6. The first-order valence-electron chi connectivity index (χ1n) is 5.47. The molecule has 0 saturated heterocycles. The molecule has 0 spiro atoms. The number of methoxy groups -OCH3 is 1. The summed E-state index contributed by atoms with van der Waals surface area (Å²) in [5, 5.41) is 11.4. The summed E-state index contributed by atoms with van der Waals surface area (Å²) in [4.78, 5) is 22.3. The van der Waals surface area contributed by atoms with Gasteiger partial charge in [0.25, 0.3) is 0 Å². The Morgan fingerprint density at radius 2 is 2.16 bits per heavy atom. The highest BCUT2D eigenvalue weighted by Gasteiger charge is 2.09. The summed E-state index contributed by atoms with van der Waals surface area (Å²) < 4.78 is 9.69. The van der Waals surface area contributed by atoms with E-state index in [0.29, 0.717) is 11.3 Å². The third-order valence-electron chi connectivity index (χ3n) is 2.13. The van der Waals surface area contributed by atoms with Crippen LogP contribution in [0.15, 0.2) is 30.9 Å². The molecule has 1 rings (SSSR count). The maximum atomic E-state index is 11.4. The molecule has 19 heavy (non-hydrogen) atoms. The normalized spacial score (nSPS) is 9.74. The molecule has 0 fully saturated rings. The zero-order valence-corrected chi connectivity index (χ0v) is 10.5. The average molecular weight is 265 g/mol. The zero-order valence-electron chi connectivity index (χ0n) is 10.5. The number of anilines is 1. The summed E-state index contributed by atoms with van der Waals surface area (Å²) in [5.41, 5.74) is 1.04. The van der Waals surface area contributed by atoms with Gasteiger partial charge in [0.2, 0.25) is 0 Å². The molecule has 6 heteroatoms. The highest BCUT2D eigenvalue weighted by molar-refractivity contribution is 5.91. The van der Waals surface area contributed by atoms with Crippen LogP contribution in [0.2, 0.25) is 0 Å². The Bertz CT molecular complexity index is 484. The molecule has 0 bridgehead atoms. The first kappa shape index (κ1) is 14.7. The maximum Gasteiger partial charge on any atom is 0.411 e. The molecule has 0 aliphatic rings. The molecular weight excluding hydrogens is 250 g/mol. The Hall–Kier alpha value is -2.34. The molecule has 0 aliphatic heterocycles. The van der Waals surface area contributed by atoms with Gasteiger partial charge in [0.05, 0.1) is 12.2 Å². The van der Waals surface area contributed by atoms with Crippen molar-refractivity contribution in [2.24, 2.45) is 0 Å². The monoisotopic (exact) mass is 265 g/mol. The first-order chi connectivity index (χ1) is 9.06. The number of hydrogen-bond donors (Lipinski definition) is 2. The number of amides is 1. The lowest BCUT2D eigenvalue weighted by molar-refractivity contribution is 0.0696.